The Hall–Kier alpha value is -4.25. The van der Waals surface area contributed by atoms with Gasteiger partial charge in [-0.25, -0.2) is 4.79 Å². The zero-order chi connectivity index (χ0) is 31.3. The second kappa shape index (κ2) is 13.6. The maximum absolute atomic E-state index is 13.6. The zero-order valence-corrected chi connectivity index (χ0v) is 26.1. The molecule has 2 heterocycles. The number of aromatic nitrogens is 2. The van der Waals surface area contributed by atoms with E-state index in [4.69, 9.17) is 16.2 Å². The van der Waals surface area contributed by atoms with E-state index in [-0.39, 0.29) is 24.0 Å². The molecule has 1 aliphatic carbocycles. The highest BCUT2D eigenvalue weighted by molar-refractivity contribution is 5.84. The summed E-state index contributed by atoms with van der Waals surface area (Å²) < 4.78 is 6.12. The topological polar surface area (TPSA) is 155 Å². The lowest BCUT2D eigenvalue weighted by Crippen LogP contribution is -2.52. The van der Waals surface area contributed by atoms with Gasteiger partial charge in [0.15, 0.2) is 11.4 Å². The van der Waals surface area contributed by atoms with Crippen molar-refractivity contribution >= 4 is 23.4 Å². The molecule has 3 amide bonds. The van der Waals surface area contributed by atoms with Crippen LogP contribution in [0.1, 0.15) is 57.2 Å². The smallest absolute Gasteiger partial charge is 0.318 e. The van der Waals surface area contributed by atoms with Gasteiger partial charge in [-0.3, -0.25) is 9.89 Å². The fraction of sp³-hybridized carbons (Fsp3) is 0.485. The Morgan fingerprint density at radius 2 is 1.93 bits per heavy atom. The summed E-state index contributed by atoms with van der Waals surface area (Å²) in [6, 6.07) is 16.3. The minimum Gasteiger partial charge on any atom is -0.478 e. The minimum atomic E-state index is -1.02. The van der Waals surface area contributed by atoms with Crippen LogP contribution < -0.4 is 31.7 Å². The predicted octanol–water partition coefficient (Wildman–Crippen LogP) is 3.93. The normalized spacial score (nSPS) is 16.8. The number of nitrogens with one attached hydrogen (secondary N) is 3. The lowest BCUT2D eigenvalue weighted by Gasteiger charge is -2.36. The van der Waals surface area contributed by atoms with Crippen LogP contribution in [0.3, 0.4) is 0 Å². The van der Waals surface area contributed by atoms with E-state index in [1.165, 1.54) is 0 Å². The van der Waals surface area contributed by atoms with Crippen molar-refractivity contribution in [2.24, 2.45) is 5.73 Å². The lowest BCUT2D eigenvalue weighted by molar-refractivity contribution is -0.134. The number of aryl methyl sites for hydroxylation is 1. The number of carbonyl (C=O) groups excluding carboxylic acids is 2. The molecule has 236 valence electrons. The molecular weight excluding hydrogens is 556 g/mol. The van der Waals surface area contributed by atoms with Crippen molar-refractivity contribution in [2.45, 2.75) is 77.1 Å². The molecule has 2 fully saturated rings. The number of rotatable bonds is 12. The number of benzene rings is 2. The van der Waals surface area contributed by atoms with Crippen molar-refractivity contribution in [3.63, 3.8) is 0 Å². The molecule has 7 N–H and O–H groups in total. The third-order valence-electron chi connectivity index (χ3n) is 8.34. The molecule has 1 aromatic heterocycles. The molecule has 11 nitrogen and oxygen atoms in total. The van der Waals surface area contributed by atoms with Crippen LogP contribution in [0, 0.1) is 6.92 Å². The van der Waals surface area contributed by atoms with Gasteiger partial charge in [-0.05, 0) is 82.7 Å². The van der Waals surface area contributed by atoms with E-state index in [0.717, 1.165) is 66.7 Å². The van der Waals surface area contributed by atoms with Crippen LogP contribution in [-0.2, 0) is 11.3 Å². The second-order valence-electron chi connectivity index (χ2n) is 12.4. The maximum Gasteiger partial charge on any atom is 0.318 e. The number of hydrogen-bond acceptors (Lipinski definition) is 7. The van der Waals surface area contributed by atoms with Crippen LogP contribution in [0.4, 0.5) is 16.3 Å². The van der Waals surface area contributed by atoms with E-state index in [1.54, 1.807) is 13.8 Å². The number of aromatic amines is 1. The third-order valence-corrected chi connectivity index (χ3v) is 8.34. The number of anilines is 2. The number of urea groups is 1. The molecule has 3 aromatic rings. The Bertz CT molecular complexity index is 1410. The first-order valence-electron chi connectivity index (χ1n) is 15.6. The third kappa shape index (κ3) is 7.63. The number of nitrogens with zero attached hydrogens (tertiary/aromatic N) is 3. The summed E-state index contributed by atoms with van der Waals surface area (Å²) in [5.74, 6) is 0.940. The molecule has 1 saturated heterocycles. The Balaban J connectivity index is 1.18. The minimum absolute atomic E-state index is 0.0159. The van der Waals surface area contributed by atoms with E-state index >= 15 is 0 Å². The Morgan fingerprint density at radius 3 is 2.61 bits per heavy atom. The number of H-pyrrole nitrogens is 1. The van der Waals surface area contributed by atoms with Gasteiger partial charge in [0, 0.05) is 61.3 Å². The van der Waals surface area contributed by atoms with Gasteiger partial charge >= 0.3 is 6.03 Å². The van der Waals surface area contributed by atoms with Crippen molar-refractivity contribution in [3.05, 3.63) is 59.8 Å². The molecular formula is C33H46N8O3. The molecule has 1 atom stereocenters. The first-order valence-corrected chi connectivity index (χ1v) is 15.6. The van der Waals surface area contributed by atoms with E-state index in [9.17, 15) is 9.59 Å². The van der Waals surface area contributed by atoms with Gasteiger partial charge in [0.05, 0.1) is 0 Å². The standard InChI is InChI=1S/C33H46N8O3/c1-22-29(30(35)39-38-22)24-12-10-23(11-13-24)20-41(26-14-15-26)32(43)37-25-7-5-18-40(21-25)27-8-4-9-28(19-27)44-33(2,3)31(42)36-17-6-16-34/h4,8-13,19,25-26H,5-7,14-18,20-21,34H2,1-3H3,(H,36,42)(H,37,43)(H3,35,38,39)/t25-/m0/s1. The second-order valence-corrected chi connectivity index (χ2v) is 12.4. The van der Waals surface area contributed by atoms with Crippen LogP contribution in [0.25, 0.3) is 11.1 Å². The van der Waals surface area contributed by atoms with Crippen molar-refractivity contribution in [1.82, 2.24) is 25.7 Å². The summed E-state index contributed by atoms with van der Waals surface area (Å²) >= 11 is 0. The first kappa shape index (κ1) is 31.2. The fourth-order valence-corrected chi connectivity index (χ4v) is 5.73. The van der Waals surface area contributed by atoms with Crippen LogP contribution >= 0.6 is 0 Å². The highest BCUT2D eigenvalue weighted by Crippen LogP contribution is 2.31. The van der Waals surface area contributed by atoms with Crippen LogP contribution in [0.2, 0.25) is 0 Å². The van der Waals surface area contributed by atoms with Crippen LogP contribution in [0.5, 0.6) is 5.75 Å². The monoisotopic (exact) mass is 602 g/mol. The molecule has 2 aliphatic rings. The SMILES string of the molecule is Cc1[nH]nc(N)c1-c1ccc(CN(C(=O)N[C@H]2CCCN(c3cccc(OC(C)(C)C(=O)NCCCN)c3)C2)C2CC2)cc1. The van der Waals surface area contributed by atoms with E-state index in [1.807, 2.05) is 48.2 Å². The maximum atomic E-state index is 13.6. The highest BCUT2D eigenvalue weighted by atomic mass is 16.5. The van der Waals surface area contributed by atoms with Gasteiger partial charge in [-0.2, -0.15) is 5.10 Å². The molecule has 0 unspecified atom stereocenters. The van der Waals surface area contributed by atoms with Gasteiger partial charge in [0.2, 0.25) is 0 Å². The van der Waals surface area contributed by atoms with Crippen molar-refractivity contribution in [2.75, 3.05) is 36.8 Å². The first-order chi connectivity index (χ1) is 21.1. The van der Waals surface area contributed by atoms with Crippen molar-refractivity contribution < 1.29 is 14.3 Å². The summed E-state index contributed by atoms with van der Waals surface area (Å²) in [4.78, 5) is 30.5. The van der Waals surface area contributed by atoms with Crippen molar-refractivity contribution in [3.8, 4) is 16.9 Å². The van der Waals surface area contributed by atoms with E-state index in [2.05, 4.69) is 37.9 Å². The predicted molar refractivity (Wildman–Crippen MR) is 173 cm³/mol. The molecule has 1 saturated carbocycles. The Morgan fingerprint density at radius 1 is 1.16 bits per heavy atom. The highest BCUT2D eigenvalue weighted by Gasteiger charge is 2.34. The van der Waals surface area contributed by atoms with Gasteiger partial charge in [-0.1, -0.05) is 30.3 Å². The summed E-state index contributed by atoms with van der Waals surface area (Å²) in [7, 11) is 0. The number of nitrogen functional groups attached to an aromatic ring is 1. The molecule has 5 rings (SSSR count). The fourth-order valence-electron chi connectivity index (χ4n) is 5.73. The number of piperidine rings is 1. The number of carbonyl (C=O) groups is 2. The van der Waals surface area contributed by atoms with E-state index in [0.29, 0.717) is 37.7 Å². The number of amides is 3. The number of hydrogen-bond donors (Lipinski definition) is 5. The molecule has 1 aliphatic heterocycles. The summed E-state index contributed by atoms with van der Waals surface area (Å²) in [6.45, 7) is 8.68. The molecule has 11 heteroatoms. The Kier molecular flexibility index (Phi) is 9.63. The molecule has 0 radical (unpaired) electrons. The number of nitrogens with two attached hydrogens (primary N) is 2. The van der Waals surface area contributed by atoms with Crippen LogP contribution in [-0.4, -0.2) is 70.9 Å². The molecule has 0 spiro atoms. The number of ether oxygens (including phenoxy) is 1. The Labute approximate surface area is 259 Å². The van der Waals surface area contributed by atoms with Gasteiger partial charge in [-0.15, -0.1) is 0 Å². The molecule has 2 aromatic carbocycles. The molecule has 44 heavy (non-hydrogen) atoms. The summed E-state index contributed by atoms with van der Waals surface area (Å²) in [6.07, 6.45) is 4.67. The quantitative estimate of drug-likeness (QED) is 0.197. The summed E-state index contributed by atoms with van der Waals surface area (Å²) in [5, 5.41) is 13.2. The van der Waals surface area contributed by atoms with Crippen molar-refractivity contribution in [1.29, 1.82) is 0 Å². The van der Waals surface area contributed by atoms with E-state index < -0.39 is 5.60 Å². The molecule has 0 bridgehead atoms. The van der Waals surface area contributed by atoms with Crippen LogP contribution in [0.15, 0.2) is 48.5 Å². The summed E-state index contributed by atoms with van der Waals surface area (Å²) in [5.41, 5.74) is 15.5. The van der Waals surface area contributed by atoms with Gasteiger partial charge in [0.25, 0.3) is 5.91 Å². The van der Waals surface area contributed by atoms with Gasteiger partial charge < -0.3 is 36.6 Å². The average molecular weight is 603 g/mol. The zero-order valence-electron chi connectivity index (χ0n) is 26.1. The average Bonchev–Trinajstić information content (AvgIpc) is 3.79. The lowest BCUT2D eigenvalue weighted by atomic mass is 10.0. The van der Waals surface area contributed by atoms with Gasteiger partial charge in [0.1, 0.15) is 5.75 Å². The largest absolute Gasteiger partial charge is 0.478 e.